The smallest absolute Gasteiger partial charge is 0.328 e. The highest BCUT2D eigenvalue weighted by molar-refractivity contribution is 7.89. The lowest BCUT2D eigenvalue weighted by atomic mass is 10.1. The highest BCUT2D eigenvalue weighted by Gasteiger charge is 2.44. The van der Waals surface area contributed by atoms with Crippen molar-refractivity contribution in [2.24, 2.45) is 0 Å². The van der Waals surface area contributed by atoms with Gasteiger partial charge >= 0.3 is 5.97 Å². The van der Waals surface area contributed by atoms with Gasteiger partial charge in [-0.25, -0.2) is 13.2 Å². The fraction of sp³-hybridized carbons (Fsp3) is 0.250. The van der Waals surface area contributed by atoms with E-state index in [0.717, 1.165) is 9.87 Å². The molecule has 1 fully saturated rings. The van der Waals surface area contributed by atoms with E-state index in [1.54, 1.807) is 24.3 Å². The zero-order valence-corrected chi connectivity index (χ0v) is 16.4. The molecule has 0 bridgehead atoms. The lowest BCUT2D eigenvalue weighted by Gasteiger charge is -2.24. The van der Waals surface area contributed by atoms with Gasteiger partial charge in [0.15, 0.2) is 0 Å². The largest absolute Gasteiger partial charge is 0.351 e. The summed E-state index contributed by atoms with van der Waals surface area (Å²) in [5, 5.41) is 0.405. The van der Waals surface area contributed by atoms with Crippen molar-refractivity contribution in [2.45, 2.75) is 30.7 Å². The van der Waals surface area contributed by atoms with Crippen LogP contribution in [0.1, 0.15) is 39.1 Å². The molecule has 1 atom stereocenters. The Morgan fingerprint density at radius 1 is 1.00 bits per heavy atom. The molecule has 0 aliphatic carbocycles. The van der Waals surface area contributed by atoms with Crippen molar-refractivity contribution in [3.63, 3.8) is 0 Å². The molecule has 2 aromatic carbocycles. The summed E-state index contributed by atoms with van der Waals surface area (Å²) in [6, 6.07) is 11.3. The summed E-state index contributed by atoms with van der Waals surface area (Å²) < 4.78 is 27.0. The molecular formula is C20H18N2O6S. The summed E-state index contributed by atoms with van der Waals surface area (Å²) in [7, 11) is -3.92. The van der Waals surface area contributed by atoms with Crippen molar-refractivity contribution in [1.82, 2.24) is 9.37 Å². The van der Waals surface area contributed by atoms with Crippen LogP contribution in [0, 0.1) is 6.92 Å². The van der Waals surface area contributed by atoms with E-state index in [2.05, 4.69) is 0 Å². The summed E-state index contributed by atoms with van der Waals surface area (Å²) in [5.74, 6) is -2.44. The van der Waals surface area contributed by atoms with Gasteiger partial charge in [-0.05, 0) is 44.0 Å². The topological polar surface area (TPSA) is 101 Å². The number of imide groups is 1. The average Bonchev–Trinajstić information content (AvgIpc) is 3.29. The number of carbonyl (C=O) groups excluding carboxylic acids is 3. The third kappa shape index (κ3) is 3.22. The molecule has 2 aromatic rings. The predicted molar refractivity (Wildman–Crippen MR) is 101 cm³/mol. The van der Waals surface area contributed by atoms with Gasteiger partial charge in [-0.3, -0.25) is 9.59 Å². The molecule has 0 spiro atoms. The Morgan fingerprint density at radius 2 is 1.59 bits per heavy atom. The lowest BCUT2D eigenvalue weighted by molar-refractivity contribution is -0.172. The number of aryl methyl sites for hydroxylation is 1. The minimum atomic E-state index is -3.92. The number of hydroxylamine groups is 2. The van der Waals surface area contributed by atoms with Crippen LogP contribution in [0.15, 0.2) is 53.4 Å². The van der Waals surface area contributed by atoms with Crippen molar-refractivity contribution in [3.05, 3.63) is 65.2 Å². The molecule has 0 saturated carbocycles. The Balaban J connectivity index is 1.55. The van der Waals surface area contributed by atoms with Crippen LogP contribution in [-0.2, 0) is 19.7 Å². The fourth-order valence-electron chi connectivity index (χ4n) is 3.51. The van der Waals surface area contributed by atoms with E-state index in [9.17, 15) is 22.8 Å². The first-order chi connectivity index (χ1) is 13.8. The summed E-state index contributed by atoms with van der Waals surface area (Å²) >= 11 is 0. The molecule has 9 heteroatoms. The molecule has 0 unspecified atom stereocenters. The zero-order chi connectivity index (χ0) is 20.8. The second-order valence-electron chi connectivity index (χ2n) is 6.95. The maximum Gasteiger partial charge on any atom is 0.351 e. The van der Waals surface area contributed by atoms with Crippen LogP contribution in [0.4, 0.5) is 0 Å². The molecular weight excluding hydrogens is 396 g/mol. The zero-order valence-electron chi connectivity index (χ0n) is 15.6. The summed E-state index contributed by atoms with van der Waals surface area (Å²) in [6.07, 6.45) is 0.708. The molecule has 8 nitrogen and oxygen atoms in total. The van der Waals surface area contributed by atoms with Crippen LogP contribution in [0.25, 0.3) is 0 Å². The summed E-state index contributed by atoms with van der Waals surface area (Å²) in [5.41, 5.74) is 1.19. The number of amides is 2. The van der Waals surface area contributed by atoms with Crippen molar-refractivity contribution in [1.29, 1.82) is 0 Å². The number of fused-ring (bicyclic) bond motifs is 1. The molecule has 2 aliphatic heterocycles. The first-order valence-corrected chi connectivity index (χ1v) is 10.5. The van der Waals surface area contributed by atoms with Crippen LogP contribution in [0.2, 0.25) is 0 Å². The van der Waals surface area contributed by atoms with E-state index in [4.69, 9.17) is 4.84 Å². The minimum Gasteiger partial charge on any atom is -0.328 e. The Kier molecular flexibility index (Phi) is 4.71. The molecule has 2 aliphatic rings. The Bertz CT molecular complexity index is 1080. The number of nitrogens with zero attached hydrogens (tertiary/aromatic N) is 2. The van der Waals surface area contributed by atoms with Crippen LogP contribution in [0.3, 0.4) is 0 Å². The van der Waals surface area contributed by atoms with Crippen LogP contribution in [0.5, 0.6) is 0 Å². The predicted octanol–water partition coefficient (Wildman–Crippen LogP) is 1.90. The quantitative estimate of drug-likeness (QED) is 0.709. The van der Waals surface area contributed by atoms with Gasteiger partial charge in [-0.2, -0.15) is 4.31 Å². The van der Waals surface area contributed by atoms with Crippen molar-refractivity contribution >= 4 is 27.8 Å². The molecule has 150 valence electrons. The second kappa shape index (κ2) is 7.09. The number of hydrogen-bond donors (Lipinski definition) is 0. The van der Waals surface area contributed by atoms with E-state index in [-0.39, 0.29) is 29.0 Å². The number of hydrogen-bond acceptors (Lipinski definition) is 6. The van der Waals surface area contributed by atoms with Gasteiger partial charge in [-0.15, -0.1) is 0 Å². The standard InChI is InChI=1S/C20H18N2O6S/c1-13-8-10-14(11-9-13)29(26,27)21-12-4-7-17(21)20(25)28-22-18(23)15-5-2-3-6-16(15)19(22)24/h2-3,5-6,8-11,17H,4,7,12H2,1H3/t17-/m0/s1. The SMILES string of the molecule is Cc1ccc(S(=O)(=O)N2CCC[C@H]2C(=O)ON2C(=O)c3ccccc3C2=O)cc1. The highest BCUT2D eigenvalue weighted by atomic mass is 32.2. The maximum absolute atomic E-state index is 13.0. The lowest BCUT2D eigenvalue weighted by Crippen LogP contribution is -2.44. The second-order valence-corrected chi connectivity index (χ2v) is 8.84. The number of rotatable bonds is 4. The Hall–Kier alpha value is -3.04. The van der Waals surface area contributed by atoms with Gasteiger partial charge in [0.25, 0.3) is 11.8 Å². The normalized spacial score (nSPS) is 19.5. The Morgan fingerprint density at radius 3 is 2.17 bits per heavy atom. The molecule has 29 heavy (non-hydrogen) atoms. The first-order valence-electron chi connectivity index (χ1n) is 9.09. The maximum atomic E-state index is 13.0. The molecule has 0 aromatic heterocycles. The summed E-state index contributed by atoms with van der Waals surface area (Å²) in [4.78, 5) is 42.6. The van der Waals surface area contributed by atoms with Crippen LogP contribution >= 0.6 is 0 Å². The van der Waals surface area contributed by atoms with Gasteiger partial charge in [-0.1, -0.05) is 34.9 Å². The monoisotopic (exact) mass is 414 g/mol. The first kappa shape index (κ1) is 19.3. The fourth-order valence-corrected chi connectivity index (χ4v) is 5.16. The summed E-state index contributed by atoms with van der Waals surface area (Å²) in [6.45, 7) is 1.99. The van der Waals surface area contributed by atoms with E-state index < -0.39 is 33.8 Å². The van der Waals surface area contributed by atoms with Gasteiger partial charge in [0.1, 0.15) is 6.04 Å². The number of carbonyl (C=O) groups is 3. The van der Waals surface area contributed by atoms with Crippen molar-refractivity contribution in [3.8, 4) is 0 Å². The van der Waals surface area contributed by atoms with E-state index in [1.165, 1.54) is 24.3 Å². The molecule has 0 N–H and O–H groups in total. The third-order valence-electron chi connectivity index (χ3n) is 5.04. The number of benzene rings is 2. The van der Waals surface area contributed by atoms with Crippen LogP contribution < -0.4 is 0 Å². The van der Waals surface area contributed by atoms with Gasteiger partial charge in [0, 0.05) is 6.54 Å². The molecule has 2 heterocycles. The highest BCUT2D eigenvalue weighted by Crippen LogP contribution is 2.29. The Labute approximate surface area is 167 Å². The molecule has 2 amide bonds. The van der Waals surface area contributed by atoms with Crippen LogP contribution in [-0.4, -0.2) is 48.2 Å². The number of sulfonamides is 1. The van der Waals surface area contributed by atoms with E-state index >= 15 is 0 Å². The van der Waals surface area contributed by atoms with Crippen molar-refractivity contribution < 1.29 is 27.6 Å². The molecule has 1 saturated heterocycles. The third-order valence-corrected chi connectivity index (χ3v) is 6.96. The van der Waals surface area contributed by atoms with Crippen molar-refractivity contribution in [2.75, 3.05) is 6.54 Å². The van der Waals surface area contributed by atoms with E-state index in [0.29, 0.717) is 11.5 Å². The van der Waals surface area contributed by atoms with Gasteiger partial charge in [0.05, 0.1) is 16.0 Å². The minimum absolute atomic E-state index is 0.0727. The van der Waals surface area contributed by atoms with E-state index in [1.807, 2.05) is 6.92 Å². The molecule has 4 rings (SSSR count). The molecule has 0 radical (unpaired) electrons. The van der Waals surface area contributed by atoms with Gasteiger partial charge in [0.2, 0.25) is 10.0 Å². The van der Waals surface area contributed by atoms with Gasteiger partial charge < -0.3 is 4.84 Å². The average molecular weight is 414 g/mol.